The monoisotopic (exact) mass is 432 g/mol. The Labute approximate surface area is 184 Å². The summed E-state index contributed by atoms with van der Waals surface area (Å²) in [6, 6.07) is 14.4. The van der Waals surface area contributed by atoms with Gasteiger partial charge in [-0.25, -0.2) is 4.39 Å². The van der Waals surface area contributed by atoms with Gasteiger partial charge in [0.25, 0.3) is 11.7 Å². The van der Waals surface area contributed by atoms with Crippen LogP contribution in [0, 0.1) is 12.7 Å². The summed E-state index contributed by atoms with van der Waals surface area (Å²) >= 11 is 0. The smallest absolute Gasteiger partial charge is 0.300 e. The van der Waals surface area contributed by atoms with E-state index in [4.69, 9.17) is 4.74 Å². The van der Waals surface area contributed by atoms with Crippen LogP contribution in [0.25, 0.3) is 5.76 Å². The Morgan fingerprint density at radius 3 is 2.50 bits per heavy atom. The van der Waals surface area contributed by atoms with Crippen molar-refractivity contribution in [3.63, 3.8) is 0 Å². The van der Waals surface area contributed by atoms with Crippen molar-refractivity contribution in [3.8, 4) is 5.75 Å². The van der Waals surface area contributed by atoms with E-state index in [0.717, 1.165) is 5.56 Å². The average Bonchev–Trinajstić information content (AvgIpc) is 3.06. The molecule has 162 valence electrons. The molecule has 1 aromatic heterocycles. The van der Waals surface area contributed by atoms with Gasteiger partial charge in [-0.2, -0.15) is 0 Å². The quantitative estimate of drug-likeness (QED) is 0.363. The van der Waals surface area contributed by atoms with Gasteiger partial charge in [0, 0.05) is 17.4 Å². The number of halogens is 1. The number of aryl methyl sites for hydroxylation is 1. The highest BCUT2D eigenvalue weighted by molar-refractivity contribution is 6.51. The zero-order valence-corrected chi connectivity index (χ0v) is 17.6. The number of rotatable bonds is 5. The normalized spacial score (nSPS) is 17.6. The molecule has 1 amide bonds. The van der Waals surface area contributed by atoms with E-state index in [1.54, 1.807) is 42.6 Å². The Bertz CT molecular complexity index is 1210. The number of ether oxygens (including phenoxy) is 1. The van der Waals surface area contributed by atoms with E-state index in [1.165, 1.54) is 29.2 Å². The zero-order valence-electron chi connectivity index (χ0n) is 17.6. The van der Waals surface area contributed by atoms with E-state index >= 15 is 0 Å². The van der Waals surface area contributed by atoms with E-state index in [-0.39, 0.29) is 11.3 Å². The number of Topliss-reactive ketones (excluding diaryl/α,β-unsaturated/α-hetero) is 1. The Morgan fingerprint density at radius 1 is 1.12 bits per heavy atom. The fourth-order valence-electron chi connectivity index (χ4n) is 3.79. The lowest BCUT2D eigenvalue weighted by molar-refractivity contribution is -0.132. The molecule has 1 saturated heterocycles. The van der Waals surface area contributed by atoms with Crippen molar-refractivity contribution in [2.45, 2.75) is 19.9 Å². The van der Waals surface area contributed by atoms with Crippen molar-refractivity contribution < 1.29 is 23.8 Å². The number of hydrogen-bond acceptors (Lipinski definition) is 5. The molecule has 0 aliphatic carbocycles. The minimum absolute atomic E-state index is 0.0819. The second-order valence-electron chi connectivity index (χ2n) is 7.31. The van der Waals surface area contributed by atoms with Crippen molar-refractivity contribution in [1.82, 2.24) is 4.98 Å². The Kier molecular flexibility index (Phi) is 5.73. The van der Waals surface area contributed by atoms with E-state index in [0.29, 0.717) is 29.3 Å². The zero-order chi connectivity index (χ0) is 22.8. The van der Waals surface area contributed by atoms with Crippen LogP contribution in [0.2, 0.25) is 0 Å². The minimum Gasteiger partial charge on any atom is -0.507 e. The van der Waals surface area contributed by atoms with E-state index < -0.39 is 23.5 Å². The highest BCUT2D eigenvalue weighted by atomic mass is 19.1. The minimum atomic E-state index is -0.964. The lowest BCUT2D eigenvalue weighted by Gasteiger charge is -2.24. The third-order valence-electron chi connectivity index (χ3n) is 5.27. The number of nitrogens with zero attached hydrogens (tertiary/aromatic N) is 2. The fraction of sp³-hybridized carbons (Fsp3) is 0.160. The van der Waals surface area contributed by atoms with Crippen LogP contribution in [0.3, 0.4) is 0 Å². The van der Waals surface area contributed by atoms with Crippen LogP contribution < -0.4 is 9.64 Å². The predicted molar refractivity (Wildman–Crippen MR) is 118 cm³/mol. The second kappa shape index (κ2) is 8.63. The number of aliphatic hydroxyl groups is 1. The Hall–Kier alpha value is -4.00. The number of anilines is 1. The van der Waals surface area contributed by atoms with Crippen LogP contribution in [-0.4, -0.2) is 28.4 Å². The third kappa shape index (κ3) is 3.73. The highest BCUT2D eigenvalue weighted by Crippen LogP contribution is 2.41. The van der Waals surface area contributed by atoms with Gasteiger partial charge in [0.05, 0.1) is 17.9 Å². The molecule has 0 radical (unpaired) electrons. The maximum atomic E-state index is 13.5. The van der Waals surface area contributed by atoms with Gasteiger partial charge in [-0.1, -0.05) is 6.07 Å². The molecular formula is C25H21FN2O4. The standard InChI is InChI=1S/C25H21FN2O4/c1-3-32-20-12-7-16(14-15(20)2)23(29)21-22(19-6-4-5-13-27-19)28(25(31)24(21)30)18-10-8-17(26)9-11-18/h4-14,22,29H,3H2,1-2H3/b23-21-. The van der Waals surface area contributed by atoms with Crippen molar-refractivity contribution in [3.05, 3.63) is 95.1 Å². The van der Waals surface area contributed by atoms with Gasteiger partial charge in [-0.05, 0) is 74.0 Å². The maximum absolute atomic E-state index is 13.5. The molecular weight excluding hydrogens is 411 g/mol. The molecule has 0 saturated carbocycles. The molecule has 1 unspecified atom stereocenters. The van der Waals surface area contributed by atoms with Gasteiger partial charge in [0.15, 0.2) is 0 Å². The molecule has 32 heavy (non-hydrogen) atoms. The molecule has 1 fully saturated rings. The molecule has 0 spiro atoms. The number of aromatic nitrogens is 1. The summed E-state index contributed by atoms with van der Waals surface area (Å²) in [5, 5.41) is 11.1. The summed E-state index contributed by atoms with van der Waals surface area (Å²) in [7, 11) is 0. The number of aliphatic hydroxyl groups excluding tert-OH is 1. The number of benzene rings is 2. The summed E-state index contributed by atoms with van der Waals surface area (Å²) < 4.78 is 19.0. The van der Waals surface area contributed by atoms with Gasteiger partial charge >= 0.3 is 0 Å². The molecule has 1 aliphatic heterocycles. The highest BCUT2D eigenvalue weighted by Gasteiger charge is 2.47. The van der Waals surface area contributed by atoms with Gasteiger partial charge in [0.1, 0.15) is 23.4 Å². The predicted octanol–water partition coefficient (Wildman–Crippen LogP) is 4.55. The molecule has 0 bridgehead atoms. The van der Waals surface area contributed by atoms with Crippen LogP contribution >= 0.6 is 0 Å². The number of hydrogen-bond donors (Lipinski definition) is 1. The van der Waals surface area contributed by atoms with Gasteiger partial charge in [0.2, 0.25) is 0 Å². The van der Waals surface area contributed by atoms with E-state index in [9.17, 15) is 19.1 Å². The third-order valence-corrected chi connectivity index (χ3v) is 5.27. The Morgan fingerprint density at radius 2 is 1.88 bits per heavy atom. The van der Waals surface area contributed by atoms with Crippen molar-refractivity contribution in [2.75, 3.05) is 11.5 Å². The average molecular weight is 432 g/mol. The summed E-state index contributed by atoms with van der Waals surface area (Å²) in [6.07, 6.45) is 1.54. The van der Waals surface area contributed by atoms with Crippen LogP contribution in [0.4, 0.5) is 10.1 Å². The molecule has 4 rings (SSSR count). The Balaban J connectivity index is 1.89. The molecule has 7 heteroatoms. The van der Waals surface area contributed by atoms with Gasteiger partial charge in [-0.15, -0.1) is 0 Å². The topological polar surface area (TPSA) is 79.7 Å². The molecule has 3 aromatic rings. The van der Waals surface area contributed by atoms with Gasteiger partial charge in [-0.3, -0.25) is 19.5 Å². The lowest BCUT2D eigenvalue weighted by Crippen LogP contribution is -2.29. The molecule has 2 heterocycles. The number of carbonyl (C=O) groups is 2. The van der Waals surface area contributed by atoms with Crippen LogP contribution in [-0.2, 0) is 9.59 Å². The summed E-state index contributed by atoms with van der Waals surface area (Å²) in [4.78, 5) is 31.6. The van der Waals surface area contributed by atoms with Gasteiger partial charge < -0.3 is 9.84 Å². The summed E-state index contributed by atoms with van der Waals surface area (Å²) in [6.45, 7) is 4.20. The first-order chi connectivity index (χ1) is 15.4. The first kappa shape index (κ1) is 21.2. The van der Waals surface area contributed by atoms with Crippen LogP contribution in [0.1, 0.15) is 29.8 Å². The second-order valence-corrected chi connectivity index (χ2v) is 7.31. The number of carbonyl (C=O) groups excluding carboxylic acids is 2. The largest absolute Gasteiger partial charge is 0.507 e. The van der Waals surface area contributed by atoms with Crippen molar-refractivity contribution in [1.29, 1.82) is 0 Å². The number of amides is 1. The van der Waals surface area contributed by atoms with Crippen LogP contribution in [0.5, 0.6) is 5.75 Å². The van der Waals surface area contributed by atoms with Crippen molar-refractivity contribution in [2.24, 2.45) is 0 Å². The number of pyridine rings is 1. The van der Waals surface area contributed by atoms with E-state index in [1.807, 2.05) is 13.8 Å². The number of ketones is 1. The maximum Gasteiger partial charge on any atom is 0.300 e. The molecule has 1 atom stereocenters. The molecule has 6 nitrogen and oxygen atoms in total. The van der Waals surface area contributed by atoms with Crippen molar-refractivity contribution >= 4 is 23.1 Å². The molecule has 1 aliphatic rings. The summed E-state index contributed by atoms with van der Waals surface area (Å²) in [5.74, 6) is -1.78. The first-order valence-corrected chi connectivity index (χ1v) is 10.1. The molecule has 1 N–H and O–H groups in total. The summed E-state index contributed by atoms with van der Waals surface area (Å²) in [5.41, 5.74) is 1.80. The van der Waals surface area contributed by atoms with E-state index in [2.05, 4.69) is 4.98 Å². The first-order valence-electron chi connectivity index (χ1n) is 10.1. The lowest BCUT2D eigenvalue weighted by atomic mass is 9.97. The fourth-order valence-corrected chi connectivity index (χ4v) is 3.79. The SMILES string of the molecule is CCOc1ccc(/C(O)=C2/C(=O)C(=O)N(c3ccc(F)cc3)C2c2ccccn2)cc1C. The van der Waals surface area contributed by atoms with Crippen LogP contribution in [0.15, 0.2) is 72.4 Å². The molecule has 2 aromatic carbocycles.